The quantitative estimate of drug-likeness (QED) is 0.422. The Kier molecular flexibility index (Phi) is 3.62. The minimum atomic E-state index is 0.386. The van der Waals surface area contributed by atoms with Crippen molar-refractivity contribution in [2.45, 2.75) is 51.8 Å². The fourth-order valence-corrected chi connectivity index (χ4v) is 4.64. The second kappa shape index (κ2) is 4.59. The Morgan fingerprint density at radius 1 is 1.35 bits per heavy atom. The first-order valence-corrected chi connectivity index (χ1v) is 7.54. The number of benzene rings is 1. The summed E-state index contributed by atoms with van der Waals surface area (Å²) in [7, 11) is 0. The van der Waals surface area contributed by atoms with Crippen LogP contribution in [-0.2, 0) is 6.42 Å². The van der Waals surface area contributed by atoms with Crippen LogP contribution in [0.15, 0.2) is 6.07 Å². The molecular weight excluding hydrogens is 296 g/mol. The fraction of sp³-hybridized carbons (Fsp3) is 0.600. The van der Waals surface area contributed by atoms with Crippen LogP contribution >= 0.6 is 27.5 Å². The predicted molar refractivity (Wildman–Crippen MR) is 79.3 cm³/mol. The molecule has 1 aliphatic carbocycles. The molecule has 0 aromatic heterocycles. The normalized spacial score (nSPS) is 23.1. The van der Waals surface area contributed by atoms with Gasteiger partial charge in [-0.1, -0.05) is 41.4 Å². The summed E-state index contributed by atoms with van der Waals surface area (Å²) in [6.07, 6.45) is 3.50. The van der Waals surface area contributed by atoms with E-state index in [4.69, 9.17) is 11.6 Å². The zero-order chi connectivity index (χ0) is 12.8. The molecule has 0 nitrogen and oxygen atoms in total. The lowest BCUT2D eigenvalue weighted by molar-refractivity contribution is 0.316. The summed E-state index contributed by atoms with van der Waals surface area (Å²) in [6.45, 7) is 9.07. The first-order valence-electron chi connectivity index (χ1n) is 6.24. The number of rotatable bonds is 0. The molecule has 0 spiro atoms. The number of fused-ring (bicyclic) bond motifs is 1. The number of aryl methyl sites for hydroxylation is 1. The molecule has 0 saturated heterocycles. The third-order valence-corrected chi connectivity index (χ3v) is 5.17. The summed E-state index contributed by atoms with van der Waals surface area (Å²) >= 11 is 10.3. The van der Waals surface area contributed by atoms with E-state index in [1.54, 1.807) is 0 Å². The molecule has 0 radical (unpaired) electrons. The molecule has 0 aliphatic heterocycles. The molecule has 1 aromatic rings. The van der Waals surface area contributed by atoms with Gasteiger partial charge in [0.15, 0.2) is 0 Å². The van der Waals surface area contributed by atoms with E-state index in [-0.39, 0.29) is 0 Å². The Labute approximate surface area is 118 Å². The van der Waals surface area contributed by atoms with Crippen molar-refractivity contribution >= 4 is 27.5 Å². The van der Waals surface area contributed by atoms with Gasteiger partial charge in [0.2, 0.25) is 0 Å². The Bertz CT molecular complexity index is 449. The van der Waals surface area contributed by atoms with Crippen molar-refractivity contribution in [1.82, 2.24) is 0 Å². The average molecular weight is 316 g/mol. The van der Waals surface area contributed by atoms with Gasteiger partial charge < -0.3 is 0 Å². The molecule has 0 heterocycles. The lowest BCUT2D eigenvalue weighted by Crippen LogP contribution is -2.11. The summed E-state index contributed by atoms with van der Waals surface area (Å²) in [4.78, 5) is 0.437. The van der Waals surface area contributed by atoms with Crippen molar-refractivity contribution in [2.24, 2.45) is 5.41 Å². The summed E-state index contributed by atoms with van der Waals surface area (Å²) in [5.41, 5.74) is 5.90. The van der Waals surface area contributed by atoms with Crippen LogP contribution in [0.25, 0.3) is 0 Å². The van der Waals surface area contributed by atoms with Crippen LogP contribution in [-0.4, -0.2) is 0 Å². The van der Waals surface area contributed by atoms with Gasteiger partial charge in [0.25, 0.3) is 0 Å². The van der Waals surface area contributed by atoms with Crippen LogP contribution in [0.1, 0.15) is 53.8 Å². The number of alkyl halides is 1. The predicted octanol–water partition coefficient (Wildman–Crippen LogP) is 5.76. The summed E-state index contributed by atoms with van der Waals surface area (Å²) in [5.74, 6) is 0. The van der Waals surface area contributed by atoms with Crippen LogP contribution in [0.4, 0.5) is 0 Å². The molecule has 0 amide bonds. The largest absolute Gasteiger partial charge is 0.0840 e. The maximum atomic E-state index is 6.43. The van der Waals surface area contributed by atoms with Crippen LogP contribution in [0.5, 0.6) is 0 Å². The Morgan fingerprint density at radius 3 is 2.65 bits per heavy atom. The molecule has 0 N–H and O–H groups in total. The molecule has 2 heteroatoms. The molecule has 0 fully saturated rings. The van der Waals surface area contributed by atoms with Crippen molar-refractivity contribution in [3.8, 4) is 0 Å². The highest BCUT2D eigenvalue weighted by molar-refractivity contribution is 9.09. The number of hydrogen-bond donors (Lipinski definition) is 0. The molecular formula is C15H20BrCl. The minimum absolute atomic E-state index is 0.386. The molecule has 1 atom stereocenters. The van der Waals surface area contributed by atoms with E-state index in [0.29, 0.717) is 10.2 Å². The maximum Gasteiger partial charge on any atom is 0.0443 e. The molecule has 94 valence electrons. The first-order chi connectivity index (χ1) is 7.82. The Balaban J connectivity index is 2.59. The lowest BCUT2D eigenvalue weighted by atomic mass is 9.84. The van der Waals surface area contributed by atoms with Crippen LogP contribution in [0.3, 0.4) is 0 Å². The standard InChI is InChI=1S/C15H20BrCl/c1-9-7-13(17)11-5-6-15(3,4)8-12(16)14(11)10(9)2/h7,12H,5-6,8H2,1-4H3. The highest BCUT2D eigenvalue weighted by atomic mass is 79.9. The summed E-state index contributed by atoms with van der Waals surface area (Å²) in [6, 6.07) is 2.12. The summed E-state index contributed by atoms with van der Waals surface area (Å²) < 4.78 is 0. The smallest absolute Gasteiger partial charge is 0.0443 e. The van der Waals surface area contributed by atoms with Crippen LogP contribution < -0.4 is 0 Å². The van der Waals surface area contributed by atoms with Gasteiger partial charge in [-0.25, -0.2) is 0 Å². The molecule has 17 heavy (non-hydrogen) atoms. The van der Waals surface area contributed by atoms with Crippen LogP contribution in [0, 0.1) is 19.3 Å². The van der Waals surface area contributed by atoms with E-state index in [1.165, 1.54) is 35.1 Å². The SMILES string of the molecule is Cc1cc(Cl)c2c(c1C)C(Br)CC(C)(C)CC2. The summed E-state index contributed by atoms with van der Waals surface area (Å²) in [5, 5.41) is 0.949. The van der Waals surface area contributed by atoms with Gasteiger partial charge in [0, 0.05) is 9.85 Å². The average Bonchev–Trinajstić information content (AvgIpc) is 2.31. The number of halogens is 2. The van der Waals surface area contributed by atoms with Crippen molar-refractivity contribution < 1.29 is 0 Å². The number of hydrogen-bond acceptors (Lipinski definition) is 0. The van der Waals surface area contributed by atoms with Gasteiger partial charge in [-0.05, 0) is 66.8 Å². The monoisotopic (exact) mass is 314 g/mol. The van der Waals surface area contributed by atoms with E-state index >= 15 is 0 Å². The topological polar surface area (TPSA) is 0 Å². The van der Waals surface area contributed by atoms with Gasteiger partial charge in [0.05, 0.1) is 0 Å². The second-order valence-electron chi connectivity index (χ2n) is 6.03. The molecule has 1 aromatic carbocycles. The third-order valence-electron chi connectivity index (χ3n) is 4.05. The molecule has 2 rings (SSSR count). The molecule has 0 saturated carbocycles. The minimum Gasteiger partial charge on any atom is -0.0840 e. The van der Waals surface area contributed by atoms with E-state index < -0.39 is 0 Å². The van der Waals surface area contributed by atoms with Gasteiger partial charge in [-0.2, -0.15) is 0 Å². The molecule has 1 aliphatic rings. The van der Waals surface area contributed by atoms with E-state index in [2.05, 4.69) is 49.7 Å². The van der Waals surface area contributed by atoms with E-state index in [1.807, 2.05) is 0 Å². The van der Waals surface area contributed by atoms with E-state index in [9.17, 15) is 0 Å². The lowest BCUT2D eigenvalue weighted by Gasteiger charge is -2.24. The van der Waals surface area contributed by atoms with Gasteiger partial charge in [-0.15, -0.1) is 0 Å². The van der Waals surface area contributed by atoms with E-state index in [0.717, 1.165) is 11.4 Å². The maximum absolute atomic E-state index is 6.43. The Hall–Kier alpha value is -0.0100. The second-order valence-corrected chi connectivity index (χ2v) is 7.54. The first kappa shape index (κ1) is 13.4. The van der Waals surface area contributed by atoms with Crippen molar-refractivity contribution in [3.63, 3.8) is 0 Å². The third kappa shape index (κ3) is 2.56. The van der Waals surface area contributed by atoms with Gasteiger partial charge >= 0.3 is 0 Å². The van der Waals surface area contributed by atoms with Crippen molar-refractivity contribution in [2.75, 3.05) is 0 Å². The highest BCUT2D eigenvalue weighted by Gasteiger charge is 2.30. The molecule has 1 unspecified atom stereocenters. The fourth-order valence-electron chi connectivity index (χ4n) is 2.78. The highest BCUT2D eigenvalue weighted by Crippen LogP contribution is 2.46. The Morgan fingerprint density at radius 2 is 2.00 bits per heavy atom. The van der Waals surface area contributed by atoms with Crippen molar-refractivity contribution in [3.05, 3.63) is 33.3 Å². The zero-order valence-electron chi connectivity index (χ0n) is 11.0. The van der Waals surface area contributed by atoms with Gasteiger partial charge in [-0.3, -0.25) is 0 Å². The van der Waals surface area contributed by atoms with Crippen molar-refractivity contribution in [1.29, 1.82) is 0 Å². The zero-order valence-corrected chi connectivity index (χ0v) is 13.4. The van der Waals surface area contributed by atoms with Crippen LogP contribution in [0.2, 0.25) is 5.02 Å². The van der Waals surface area contributed by atoms with Gasteiger partial charge in [0.1, 0.15) is 0 Å². The molecule has 0 bridgehead atoms.